The van der Waals surface area contributed by atoms with Crippen LogP contribution in [-0.4, -0.2) is 33.0 Å². The molecule has 7 nitrogen and oxygen atoms in total. The van der Waals surface area contributed by atoms with Crippen molar-refractivity contribution in [2.24, 2.45) is 0 Å². The molecule has 1 N–H and O–H groups in total. The van der Waals surface area contributed by atoms with Crippen molar-refractivity contribution in [3.05, 3.63) is 78.3 Å². The first-order valence-electron chi connectivity index (χ1n) is 10.0. The van der Waals surface area contributed by atoms with Gasteiger partial charge in [-0.1, -0.05) is 23.9 Å². The molecule has 32 heavy (non-hydrogen) atoms. The summed E-state index contributed by atoms with van der Waals surface area (Å²) in [6.45, 7) is 2.83. The molecule has 0 aliphatic carbocycles. The van der Waals surface area contributed by atoms with Crippen molar-refractivity contribution in [1.82, 2.24) is 20.1 Å². The monoisotopic (exact) mass is 452 g/mol. The summed E-state index contributed by atoms with van der Waals surface area (Å²) < 4.78 is 25.9. The lowest BCUT2D eigenvalue weighted by atomic mass is 10.2. The van der Waals surface area contributed by atoms with Gasteiger partial charge >= 0.3 is 0 Å². The number of amides is 1. The molecule has 0 unspecified atom stereocenters. The Balaban J connectivity index is 1.49. The topological polar surface area (TPSA) is 82.2 Å². The first-order chi connectivity index (χ1) is 15.6. The number of halogens is 1. The van der Waals surface area contributed by atoms with E-state index in [9.17, 15) is 9.18 Å². The van der Waals surface area contributed by atoms with E-state index in [0.717, 1.165) is 17.0 Å². The normalized spacial score (nSPS) is 10.8. The zero-order valence-corrected chi connectivity index (χ0v) is 18.1. The van der Waals surface area contributed by atoms with Crippen molar-refractivity contribution in [2.75, 3.05) is 12.4 Å². The molecule has 0 radical (unpaired) electrons. The third-order valence-corrected chi connectivity index (χ3v) is 5.45. The number of hydrogen-bond acceptors (Lipinski definition) is 6. The molecule has 0 aliphatic rings. The average Bonchev–Trinajstić information content (AvgIpc) is 3.48. The van der Waals surface area contributed by atoms with Crippen molar-refractivity contribution in [3.63, 3.8) is 0 Å². The minimum absolute atomic E-state index is 0.147. The molecule has 9 heteroatoms. The molecule has 4 aromatic rings. The van der Waals surface area contributed by atoms with Gasteiger partial charge < -0.3 is 14.5 Å². The van der Waals surface area contributed by atoms with Gasteiger partial charge in [0.1, 0.15) is 11.6 Å². The molecule has 0 spiro atoms. The summed E-state index contributed by atoms with van der Waals surface area (Å²) in [5, 5.41) is 11.9. The van der Waals surface area contributed by atoms with Gasteiger partial charge in [-0.2, -0.15) is 0 Å². The fourth-order valence-corrected chi connectivity index (χ4v) is 3.79. The molecule has 0 fully saturated rings. The molecule has 0 saturated heterocycles. The summed E-state index contributed by atoms with van der Waals surface area (Å²) in [4.78, 5) is 12.4. The van der Waals surface area contributed by atoms with Crippen LogP contribution in [0.5, 0.6) is 5.75 Å². The summed E-state index contributed by atoms with van der Waals surface area (Å²) in [6, 6.07) is 17.1. The van der Waals surface area contributed by atoms with Crippen LogP contribution in [0.3, 0.4) is 0 Å². The van der Waals surface area contributed by atoms with Crippen molar-refractivity contribution in [3.8, 4) is 23.0 Å². The molecule has 0 atom stereocenters. The van der Waals surface area contributed by atoms with E-state index in [0.29, 0.717) is 29.9 Å². The van der Waals surface area contributed by atoms with E-state index in [-0.39, 0.29) is 17.5 Å². The van der Waals surface area contributed by atoms with Crippen molar-refractivity contribution < 1.29 is 18.3 Å². The highest BCUT2D eigenvalue weighted by molar-refractivity contribution is 7.99. The highest BCUT2D eigenvalue weighted by Crippen LogP contribution is 2.29. The van der Waals surface area contributed by atoms with E-state index in [1.54, 1.807) is 30.5 Å². The van der Waals surface area contributed by atoms with E-state index in [1.165, 1.54) is 23.9 Å². The van der Waals surface area contributed by atoms with Crippen LogP contribution in [0.25, 0.3) is 17.3 Å². The Labute approximate surface area is 188 Å². The van der Waals surface area contributed by atoms with Crippen LogP contribution in [0.1, 0.15) is 12.5 Å². The van der Waals surface area contributed by atoms with Crippen LogP contribution < -0.4 is 10.1 Å². The molecular formula is C23H21FN4O3S. The van der Waals surface area contributed by atoms with Crippen LogP contribution in [0.15, 0.2) is 76.5 Å². The van der Waals surface area contributed by atoms with Crippen LogP contribution in [0.4, 0.5) is 4.39 Å². The lowest BCUT2D eigenvalue weighted by molar-refractivity contribution is -0.118. The predicted molar refractivity (Wildman–Crippen MR) is 119 cm³/mol. The van der Waals surface area contributed by atoms with Crippen LogP contribution >= 0.6 is 11.8 Å². The van der Waals surface area contributed by atoms with Crippen LogP contribution in [0.2, 0.25) is 0 Å². The number of ether oxygens (including phenoxy) is 1. The van der Waals surface area contributed by atoms with Gasteiger partial charge in [0.05, 0.1) is 24.3 Å². The van der Waals surface area contributed by atoms with E-state index in [2.05, 4.69) is 15.5 Å². The fraction of sp³-hybridized carbons (Fsp3) is 0.174. The number of nitrogens with zero attached hydrogens (tertiary/aromatic N) is 3. The van der Waals surface area contributed by atoms with Crippen molar-refractivity contribution in [1.29, 1.82) is 0 Å². The van der Waals surface area contributed by atoms with Crippen LogP contribution in [-0.2, 0) is 11.3 Å². The molecule has 0 bridgehead atoms. The van der Waals surface area contributed by atoms with Gasteiger partial charge in [0.2, 0.25) is 11.7 Å². The first kappa shape index (κ1) is 21.6. The van der Waals surface area contributed by atoms with Gasteiger partial charge in [-0.15, -0.1) is 10.2 Å². The maximum absolute atomic E-state index is 13.0. The molecular weight excluding hydrogens is 431 g/mol. The van der Waals surface area contributed by atoms with Crippen LogP contribution in [0, 0.1) is 5.82 Å². The maximum atomic E-state index is 13.0. The molecule has 0 aliphatic heterocycles. The third kappa shape index (κ3) is 5.17. The number of aromatic nitrogens is 3. The Morgan fingerprint density at radius 2 is 1.91 bits per heavy atom. The number of carbonyl (C=O) groups excluding carboxylic acids is 1. The highest BCUT2D eigenvalue weighted by Gasteiger charge is 2.19. The second-order valence-electron chi connectivity index (χ2n) is 6.74. The van der Waals surface area contributed by atoms with Gasteiger partial charge in [-0.3, -0.25) is 9.36 Å². The standard InChI is InChI=1S/C23H21FN4O3S/c1-2-30-19-11-9-18(10-12-19)28-22(20-4-3-13-31-20)26-27-23(28)32-15-21(29)25-14-16-5-7-17(24)8-6-16/h3-13H,2,14-15H2,1H3,(H,25,29). The van der Waals surface area contributed by atoms with Gasteiger partial charge in [-0.05, 0) is 61.0 Å². The Kier molecular flexibility index (Phi) is 6.86. The van der Waals surface area contributed by atoms with E-state index < -0.39 is 0 Å². The number of thioether (sulfide) groups is 1. The molecule has 0 saturated carbocycles. The maximum Gasteiger partial charge on any atom is 0.230 e. The number of benzene rings is 2. The van der Waals surface area contributed by atoms with Gasteiger partial charge in [0.15, 0.2) is 10.9 Å². The minimum Gasteiger partial charge on any atom is -0.494 e. The lowest BCUT2D eigenvalue weighted by Crippen LogP contribution is -2.24. The zero-order chi connectivity index (χ0) is 22.3. The SMILES string of the molecule is CCOc1ccc(-n2c(SCC(=O)NCc3ccc(F)cc3)nnc2-c2ccco2)cc1. The van der Waals surface area contributed by atoms with Gasteiger partial charge in [0.25, 0.3) is 0 Å². The quantitative estimate of drug-likeness (QED) is 0.377. The summed E-state index contributed by atoms with van der Waals surface area (Å²) in [5.41, 5.74) is 1.64. The summed E-state index contributed by atoms with van der Waals surface area (Å²) in [5.74, 6) is 1.54. The number of furan rings is 1. The molecule has 164 valence electrons. The van der Waals surface area contributed by atoms with Gasteiger partial charge in [0, 0.05) is 6.54 Å². The third-order valence-electron chi connectivity index (χ3n) is 4.52. The minimum atomic E-state index is -0.309. The predicted octanol–water partition coefficient (Wildman–Crippen LogP) is 4.47. The molecule has 2 aromatic carbocycles. The second kappa shape index (κ2) is 10.1. The Morgan fingerprint density at radius 1 is 1.12 bits per heavy atom. The van der Waals surface area contributed by atoms with Crippen molar-refractivity contribution >= 4 is 17.7 Å². The highest BCUT2D eigenvalue weighted by atomic mass is 32.2. The molecule has 4 rings (SSSR count). The Morgan fingerprint density at radius 3 is 2.59 bits per heavy atom. The molecule has 2 aromatic heterocycles. The Hall–Kier alpha value is -3.59. The summed E-state index contributed by atoms with van der Waals surface area (Å²) in [7, 11) is 0. The lowest BCUT2D eigenvalue weighted by Gasteiger charge is -2.10. The average molecular weight is 453 g/mol. The number of rotatable bonds is 9. The largest absolute Gasteiger partial charge is 0.494 e. The van der Waals surface area contributed by atoms with Crippen molar-refractivity contribution in [2.45, 2.75) is 18.6 Å². The first-order valence-corrected chi connectivity index (χ1v) is 11.0. The molecule has 1 amide bonds. The zero-order valence-electron chi connectivity index (χ0n) is 17.3. The Bertz CT molecular complexity index is 1160. The van der Waals surface area contributed by atoms with E-state index in [1.807, 2.05) is 35.8 Å². The fourth-order valence-electron chi connectivity index (χ4n) is 3.00. The summed E-state index contributed by atoms with van der Waals surface area (Å²) in [6.07, 6.45) is 1.57. The number of nitrogens with one attached hydrogen (secondary N) is 1. The van der Waals surface area contributed by atoms with E-state index in [4.69, 9.17) is 9.15 Å². The number of carbonyl (C=O) groups is 1. The van der Waals surface area contributed by atoms with Gasteiger partial charge in [-0.25, -0.2) is 4.39 Å². The second-order valence-corrected chi connectivity index (χ2v) is 7.68. The summed E-state index contributed by atoms with van der Waals surface area (Å²) >= 11 is 1.26. The van der Waals surface area contributed by atoms with E-state index >= 15 is 0 Å². The smallest absolute Gasteiger partial charge is 0.230 e. The molecule has 2 heterocycles. The number of hydrogen-bond donors (Lipinski definition) is 1.